The van der Waals surface area contributed by atoms with Gasteiger partial charge in [-0.3, -0.25) is 19.3 Å². The Morgan fingerprint density at radius 2 is 1.60 bits per heavy atom. The first-order valence-electron chi connectivity index (χ1n) is 12.5. The number of hydrogen-bond donors (Lipinski definition) is 1. The summed E-state index contributed by atoms with van der Waals surface area (Å²) >= 11 is 0. The molecule has 0 saturated heterocycles. The number of rotatable bonds is 6. The number of amides is 2. The summed E-state index contributed by atoms with van der Waals surface area (Å²) in [7, 11) is 1.52. The third kappa shape index (κ3) is 5.32. The van der Waals surface area contributed by atoms with Gasteiger partial charge in [-0.25, -0.2) is 0 Å². The summed E-state index contributed by atoms with van der Waals surface area (Å²) in [6, 6.07) is 17.9. The number of carbonyl (C=O) groups excluding carboxylic acids is 3. The monoisotopic (exact) mass is 547 g/mol. The van der Waals surface area contributed by atoms with Crippen LogP contribution in [0.1, 0.15) is 42.0 Å². The Bertz CT molecular complexity index is 1510. The predicted molar refractivity (Wildman–Crippen MR) is 147 cm³/mol. The van der Waals surface area contributed by atoms with E-state index in [2.05, 4.69) is 0 Å². The number of nitrogens with zero attached hydrogens (tertiary/aromatic N) is 2. The van der Waals surface area contributed by atoms with E-state index in [4.69, 9.17) is 5.41 Å². The van der Waals surface area contributed by atoms with E-state index >= 15 is 0 Å². The van der Waals surface area contributed by atoms with Crippen molar-refractivity contribution < 1.29 is 27.6 Å². The topological polar surface area (TPSA) is 81.5 Å². The van der Waals surface area contributed by atoms with Crippen molar-refractivity contribution in [2.24, 2.45) is 5.92 Å². The number of carbonyl (C=O) groups is 3. The first-order chi connectivity index (χ1) is 18.8. The van der Waals surface area contributed by atoms with Crippen LogP contribution in [0.3, 0.4) is 0 Å². The van der Waals surface area contributed by atoms with Crippen molar-refractivity contribution in [1.29, 1.82) is 5.41 Å². The van der Waals surface area contributed by atoms with Crippen molar-refractivity contribution in [3.8, 4) is 0 Å². The van der Waals surface area contributed by atoms with E-state index in [-0.39, 0.29) is 17.0 Å². The van der Waals surface area contributed by atoms with Crippen LogP contribution < -0.4 is 9.80 Å². The molecule has 206 valence electrons. The van der Waals surface area contributed by atoms with Gasteiger partial charge in [0.1, 0.15) is 5.92 Å². The van der Waals surface area contributed by atoms with Crippen LogP contribution in [-0.4, -0.2) is 30.9 Å². The second-order valence-corrected chi connectivity index (χ2v) is 9.78. The van der Waals surface area contributed by atoms with Gasteiger partial charge in [-0.15, -0.1) is 0 Å². The normalized spacial score (nSPS) is 17.6. The summed E-state index contributed by atoms with van der Waals surface area (Å²) in [5.74, 6) is -4.22. The van der Waals surface area contributed by atoms with Crippen LogP contribution in [0.5, 0.6) is 0 Å². The van der Waals surface area contributed by atoms with E-state index in [1.165, 1.54) is 37.9 Å². The number of benzene rings is 3. The number of aryl methyl sites for hydroxylation is 1. The summed E-state index contributed by atoms with van der Waals surface area (Å²) in [4.78, 5) is 43.8. The van der Waals surface area contributed by atoms with Crippen molar-refractivity contribution in [1.82, 2.24) is 0 Å². The van der Waals surface area contributed by atoms with E-state index in [0.29, 0.717) is 16.8 Å². The quantitative estimate of drug-likeness (QED) is 0.291. The minimum atomic E-state index is -4.66. The van der Waals surface area contributed by atoms with Gasteiger partial charge in [0, 0.05) is 41.8 Å². The van der Waals surface area contributed by atoms with Gasteiger partial charge in [0.15, 0.2) is 5.78 Å². The molecule has 0 bridgehead atoms. The molecule has 40 heavy (non-hydrogen) atoms. The highest BCUT2D eigenvalue weighted by Gasteiger charge is 2.48. The molecule has 0 saturated carbocycles. The number of anilines is 2. The molecule has 1 heterocycles. The van der Waals surface area contributed by atoms with Gasteiger partial charge >= 0.3 is 6.18 Å². The highest BCUT2D eigenvalue weighted by molar-refractivity contribution is 6.18. The van der Waals surface area contributed by atoms with Crippen LogP contribution in [0.2, 0.25) is 0 Å². The standard InChI is InChI=1S/C31H28F3N3O3/c1-18-8-14-24(15-9-18)36(4)29(39)28-27(22-12-10-21(17-35)11-13-22)26(20(3)38)19(2)37(30(28)40)25-7-5-6-23(16-25)31(32,33)34/h5-17,27-28,35H,1-4H3. The lowest BCUT2D eigenvalue weighted by Gasteiger charge is -2.40. The maximum atomic E-state index is 14.2. The second kappa shape index (κ2) is 10.9. The summed E-state index contributed by atoms with van der Waals surface area (Å²) < 4.78 is 40.7. The van der Waals surface area contributed by atoms with Crippen LogP contribution in [0.25, 0.3) is 0 Å². The fourth-order valence-corrected chi connectivity index (χ4v) is 5.09. The first kappa shape index (κ1) is 28.5. The summed E-state index contributed by atoms with van der Waals surface area (Å²) in [6.45, 7) is 4.70. The lowest BCUT2D eigenvalue weighted by atomic mass is 9.74. The maximum absolute atomic E-state index is 14.2. The van der Waals surface area contributed by atoms with Crippen molar-refractivity contribution in [3.05, 3.63) is 106 Å². The minimum Gasteiger partial charge on any atom is -0.315 e. The van der Waals surface area contributed by atoms with E-state index in [9.17, 15) is 27.6 Å². The zero-order valence-corrected chi connectivity index (χ0v) is 22.4. The van der Waals surface area contributed by atoms with Crippen LogP contribution in [0.4, 0.5) is 24.5 Å². The van der Waals surface area contributed by atoms with E-state index in [1.54, 1.807) is 36.4 Å². The number of nitrogens with one attached hydrogen (secondary N) is 1. The van der Waals surface area contributed by atoms with E-state index in [0.717, 1.165) is 28.8 Å². The molecule has 1 aliphatic rings. The zero-order chi connectivity index (χ0) is 29.4. The predicted octanol–water partition coefficient (Wildman–Crippen LogP) is 6.28. The van der Waals surface area contributed by atoms with Crippen LogP contribution in [0.15, 0.2) is 84.1 Å². The van der Waals surface area contributed by atoms with E-state index in [1.807, 2.05) is 19.1 Å². The number of hydrogen-bond acceptors (Lipinski definition) is 4. The Hall–Kier alpha value is -4.53. The Kier molecular flexibility index (Phi) is 7.77. The van der Waals surface area contributed by atoms with Gasteiger partial charge in [0.2, 0.25) is 11.8 Å². The number of Topliss-reactive ketones (excluding diaryl/α,β-unsaturated/α-hetero) is 1. The van der Waals surface area contributed by atoms with Crippen LogP contribution >= 0.6 is 0 Å². The molecule has 1 N–H and O–H groups in total. The highest BCUT2D eigenvalue weighted by atomic mass is 19.4. The first-order valence-corrected chi connectivity index (χ1v) is 12.5. The lowest BCUT2D eigenvalue weighted by molar-refractivity contribution is -0.138. The maximum Gasteiger partial charge on any atom is 0.416 e. The SMILES string of the molecule is CC(=O)C1=C(C)N(c2cccc(C(F)(F)F)c2)C(=O)C(C(=O)N(C)c2ccc(C)cc2)C1c1ccc(C=N)cc1. The van der Waals surface area contributed by atoms with Crippen LogP contribution in [0, 0.1) is 18.3 Å². The molecule has 1 aliphatic heterocycles. The van der Waals surface area contributed by atoms with Gasteiger partial charge in [0.25, 0.3) is 0 Å². The molecule has 3 aromatic rings. The summed E-state index contributed by atoms with van der Waals surface area (Å²) in [6.07, 6.45) is -3.51. The summed E-state index contributed by atoms with van der Waals surface area (Å²) in [5, 5.41) is 7.50. The molecule has 0 aromatic heterocycles. The molecule has 0 spiro atoms. The molecule has 9 heteroatoms. The molecule has 2 unspecified atom stereocenters. The van der Waals surface area contributed by atoms with Crippen molar-refractivity contribution in [2.45, 2.75) is 32.9 Å². The largest absolute Gasteiger partial charge is 0.416 e. The number of alkyl halides is 3. The Morgan fingerprint density at radius 3 is 2.15 bits per heavy atom. The van der Waals surface area contributed by atoms with Crippen molar-refractivity contribution >= 4 is 35.2 Å². The van der Waals surface area contributed by atoms with Gasteiger partial charge in [-0.2, -0.15) is 13.2 Å². The fourth-order valence-electron chi connectivity index (χ4n) is 5.09. The molecule has 0 aliphatic carbocycles. The second-order valence-electron chi connectivity index (χ2n) is 9.78. The van der Waals surface area contributed by atoms with Gasteiger partial charge in [-0.1, -0.05) is 48.0 Å². The lowest BCUT2D eigenvalue weighted by Crippen LogP contribution is -2.51. The van der Waals surface area contributed by atoms with Gasteiger partial charge in [0.05, 0.1) is 5.56 Å². The smallest absolute Gasteiger partial charge is 0.315 e. The Labute approximate surface area is 230 Å². The highest BCUT2D eigenvalue weighted by Crippen LogP contribution is 2.44. The number of halogens is 3. The summed E-state index contributed by atoms with van der Waals surface area (Å²) in [5.41, 5.74) is 1.82. The molecule has 2 amide bonds. The molecule has 3 aromatic carbocycles. The molecular weight excluding hydrogens is 519 g/mol. The Balaban J connectivity index is 1.94. The van der Waals surface area contributed by atoms with Crippen LogP contribution in [-0.2, 0) is 20.6 Å². The zero-order valence-electron chi connectivity index (χ0n) is 22.4. The number of ketones is 1. The third-order valence-electron chi connectivity index (χ3n) is 7.15. The fraction of sp³-hybridized carbons (Fsp3) is 0.226. The molecule has 0 fully saturated rings. The molecule has 4 rings (SSSR count). The number of allylic oxidation sites excluding steroid dienone is 2. The van der Waals surface area contributed by atoms with Crippen molar-refractivity contribution in [2.75, 3.05) is 16.8 Å². The minimum absolute atomic E-state index is 0.0931. The third-order valence-corrected chi connectivity index (χ3v) is 7.15. The molecule has 0 radical (unpaired) electrons. The van der Waals surface area contributed by atoms with Gasteiger partial charge in [-0.05, 0) is 62.2 Å². The van der Waals surface area contributed by atoms with Gasteiger partial charge < -0.3 is 10.3 Å². The average Bonchev–Trinajstić information content (AvgIpc) is 2.92. The Morgan fingerprint density at radius 1 is 0.975 bits per heavy atom. The molecular formula is C31H28F3N3O3. The van der Waals surface area contributed by atoms with Crippen molar-refractivity contribution in [3.63, 3.8) is 0 Å². The molecule has 2 atom stereocenters. The average molecular weight is 548 g/mol. The molecule has 6 nitrogen and oxygen atoms in total. The van der Waals surface area contributed by atoms with E-state index < -0.39 is 41.2 Å².